The minimum absolute atomic E-state index is 0.706. The molecule has 0 saturated heterocycles. The Morgan fingerprint density at radius 1 is 1.17 bits per heavy atom. The molecule has 3 heteroatoms. The Balaban J connectivity index is 2.96. The first-order chi connectivity index (χ1) is 8.55. The van der Waals surface area contributed by atoms with E-state index in [4.69, 9.17) is 9.47 Å². The summed E-state index contributed by atoms with van der Waals surface area (Å²) in [5, 5.41) is 10.6. The van der Waals surface area contributed by atoms with Crippen molar-refractivity contribution < 1.29 is 14.6 Å². The second-order valence-electron chi connectivity index (χ2n) is 4.80. The summed E-state index contributed by atoms with van der Waals surface area (Å²) >= 11 is 0. The quantitative estimate of drug-likeness (QED) is 0.755. The van der Waals surface area contributed by atoms with Gasteiger partial charge in [-0.2, -0.15) is 0 Å². The first-order valence-electron chi connectivity index (χ1n) is 6.50. The third kappa shape index (κ3) is 3.64. The molecule has 0 heterocycles. The van der Waals surface area contributed by atoms with E-state index in [-0.39, 0.29) is 0 Å². The van der Waals surface area contributed by atoms with Gasteiger partial charge in [0.05, 0.1) is 19.8 Å². The van der Waals surface area contributed by atoms with Gasteiger partial charge < -0.3 is 14.6 Å². The number of rotatable bonds is 7. The van der Waals surface area contributed by atoms with E-state index in [2.05, 4.69) is 6.92 Å². The Hall–Kier alpha value is -1.22. The lowest BCUT2D eigenvalue weighted by molar-refractivity contribution is 0.0422. The van der Waals surface area contributed by atoms with Crippen molar-refractivity contribution in [2.75, 3.05) is 14.2 Å². The summed E-state index contributed by atoms with van der Waals surface area (Å²) in [4.78, 5) is 0. The molecule has 1 aromatic rings. The second kappa shape index (κ2) is 6.64. The molecule has 0 fully saturated rings. The molecule has 0 aromatic heterocycles. The van der Waals surface area contributed by atoms with Crippen LogP contribution in [0.4, 0.5) is 0 Å². The summed E-state index contributed by atoms with van der Waals surface area (Å²) in [6.45, 7) is 3.99. The number of hydrogen-bond acceptors (Lipinski definition) is 3. The van der Waals surface area contributed by atoms with Gasteiger partial charge in [-0.05, 0) is 31.5 Å². The molecule has 0 radical (unpaired) electrons. The van der Waals surface area contributed by atoms with E-state index in [0.29, 0.717) is 5.75 Å². The molecule has 0 bridgehead atoms. The van der Waals surface area contributed by atoms with Gasteiger partial charge in [-0.3, -0.25) is 0 Å². The zero-order valence-corrected chi connectivity index (χ0v) is 11.8. The first-order valence-corrected chi connectivity index (χ1v) is 6.50. The van der Waals surface area contributed by atoms with Crippen molar-refractivity contribution in [1.29, 1.82) is 0 Å². The number of hydrogen-bond donors (Lipinski definition) is 1. The highest BCUT2D eigenvalue weighted by atomic mass is 16.5. The van der Waals surface area contributed by atoms with Crippen LogP contribution in [0.2, 0.25) is 0 Å². The predicted molar refractivity (Wildman–Crippen MR) is 73.3 cm³/mol. The molecule has 3 nitrogen and oxygen atoms in total. The van der Waals surface area contributed by atoms with Gasteiger partial charge in [-0.15, -0.1) is 0 Å². The molecule has 1 N–H and O–H groups in total. The fourth-order valence-corrected chi connectivity index (χ4v) is 2.09. The second-order valence-corrected chi connectivity index (χ2v) is 4.80. The molecular formula is C15H24O3. The number of ether oxygens (including phenoxy) is 2. The average molecular weight is 252 g/mol. The summed E-state index contributed by atoms with van der Waals surface area (Å²) in [6, 6.07) is 5.53. The molecule has 18 heavy (non-hydrogen) atoms. The van der Waals surface area contributed by atoms with Crippen LogP contribution in [0.25, 0.3) is 0 Å². The lowest BCUT2D eigenvalue weighted by Gasteiger charge is -2.26. The number of aliphatic hydroxyl groups is 1. The number of unbranched alkanes of at least 4 members (excludes halogenated alkanes) is 2. The van der Waals surface area contributed by atoms with Crippen molar-refractivity contribution >= 4 is 0 Å². The lowest BCUT2D eigenvalue weighted by Crippen LogP contribution is -2.22. The monoisotopic (exact) mass is 252 g/mol. The highest BCUT2D eigenvalue weighted by Gasteiger charge is 2.26. The SMILES string of the molecule is CCCCCC(C)(O)c1cc(OC)ccc1OC. The summed E-state index contributed by atoms with van der Waals surface area (Å²) < 4.78 is 10.5. The number of benzene rings is 1. The number of methoxy groups -OCH3 is 2. The highest BCUT2D eigenvalue weighted by molar-refractivity contribution is 5.43. The molecule has 0 aliphatic heterocycles. The van der Waals surface area contributed by atoms with Crippen LogP contribution in [0, 0.1) is 0 Å². The minimum atomic E-state index is -0.880. The van der Waals surface area contributed by atoms with E-state index in [1.165, 1.54) is 0 Å². The van der Waals surface area contributed by atoms with Crippen molar-refractivity contribution in [3.8, 4) is 11.5 Å². The maximum atomic E-state index is 10.6. The average Bonchev–Trinajstić information content (AvgIpc) is 2.38. The third-order valence-electron chi connectivity index (χ3n) is 3.25. The van der Waals surface area contributed by atoms with Crippen LogP contribution in [-0.2, 0) is 5.60 Å². The standard InChI is InChI=1S/C15H24O3/c1-5-6-7-10-15(2,16)13-11-12(17-3)8-9-14(13)18-4/h8-9,11,16H,5-7,10H2,1-4H3. The van der Waals surface area contributed by atoms with Gasteiger partial charge in [-0.1, -0.05) is 26.2 Å². The molecule has 102 valence electrons. The molecule has 0 aliphatic rings. The predicted octanol–water partition coefficient (Wildman–Crippen LogP) is 3.49. The maximum absolute atomic E-state index is 10.6. The Kier molecular flexibility index (Phi) is 5.48. The van der Waals surface area contributed by atoms with E-state index in [0.717, 1.165) is 37.0 Å². The van der Waals surface area contributed by atoms with Crippen molar-refractivity contribution in [3.63, 3.8) is 0 Å². The molecule has 1 aromatic carbocycles. The summed E-state index contributed by atoms with van der Waals surface area (Å²) in [6.07, 6.45) is 4.00. The van der Waals surface area contributed by atoms with Gasteiger partial charge in [0.1, 0.15) is 11.5 Å². The van der Waals surface area contributed by atoms with Crippen LogP contribution < -0.4 is 9.47 Å². The maximum Gasteiger partial charge on any atom is 0.125 e. The normalized spacial score (nSPS) is 14.1. The topological polar surface area (TPSA) is 38.7 Å². The van der Waals surface area contributed by atoms with Crippen LogP contribution in [0.3, 0.4) is 0 Å². The van der Waals surface area contributed by atoms with Crippen LogP contribution in [0.5, 0.6) is 11.5 Å². The van der Waals surface area contributed by atoms with Gasteiger partial charge in [0.25, 0.3) is 0 Å². The highest BCUT2D eigenvalue weighted by Crippen LogP contribution is 2.36. The molecule has 1 rings (SSSR count). The molecule has 1 atom stereocenters. The van der Waals surface area contributed by atoms with Crippen LogP contribution in [0.15, 0.2) is 18.2 Å². The fraction of sp³-hybridized carbons (Fsp3) is 0.600. The molecular weight excluding hydrogens is 228 g/mol. The minimum Gasteiger partial charge on any atom is -0.497 e. The van der Waals surface area contributed by atoms with Gasteiger partial charge >= 0.3 is 0 Å². The zero-order valence-electron chi connectivity index (χ0n) is 11.8. The Labute approximate surface area is 110 Å². The Bertz CT molecular complexity index is 372. The van der Waals surface area contributed by atoms with E-state index < -0.39 is 5.60 Å². The molecule has 0 aliphatic carbocycles. The van der Waals surface area contributed by atoms with Crippen LogP contribution in [-0.4, -0.2) is 19.3 Å². The molecule has 1 unspecified atom stereocenters. The van der Waals surface area contributed by atoms with Gasteiger partial charge in [-0.25, -0.2) is 0 Å². The van der Waals surface area contributed by atoms with E-state index in [1.54, 1.807) is 14.2 Å². The van der Waals surface area contributed by atoms with Gasteiger partial charge in [0.15, 0.2) is 0 Å². The summed E-state index contributed by atoms with van der Waals surface area (Å²) in [5.41, 5.74) is -0.0878. The smallest absolute Gasteiger partial charge is 0.125 e. The van der Waals surface area contributed by atoms with Crippen molar-refractivity contribution in [2.24, 2.45) is 0 Å². The third-order valence-corrected chi connectivity index (χ3v) is 3.25. The first kappa shape index (κ1) is 14.8. The molecule has 0 saturated carbocycles. The van der Waals surface area contributed by atoms with Crippen LogP contribution >= 0.6 is 0 Å². The zero-order chi connectivity index (χ0) is 13.6. The van der Waals surface area contributed by atoms with Crippen LogP contribution in [0.1, 0.15) is 45.1 Å². The fourth-order valence-electron chi connectivity index (χ4n) is 2.09. The Morgan fingerprint density at radius 3 is 2.44 bits per heavy atom. The Morgan fingerprint density at radius 2 is 1.89 bits per heavy atom. The van der Waals surface area contributed by atoms with Gasteiger partial charge in [0.2, 0.25) is 0 Å². The van der Waals surface area contributed by atoms with Crippen molar-refractivity contribution in [1.82, 2.24) is 0 Å². The largest absolute Gasteiger partial charge is 0.497 e. The lowest BCUT2D eigenvalue weighted by atomic mass is 9.89. The van der Waals surface area contributed by atoms with E-state index in [9.17, 15) is 5.11 Å². The van der Waals surface area contributed by atoms with Crippen molar-refractivity contribution in [3.05, 3.63) is 23.8 Å². The summed E-state index contributed by atoms with van der Waals surface area (Å²) in [5.74, 6) is 1.44. The van der Waals surface area contributed by atoms with E-state index >= 15 is 0 Å². The van der Waals surface area contributed by atoms with Gasteiger partial charge in [0, 0.05) is 5.56 Å². The summed E-state index contributed by atoms with van der Waals surface area (Å²) in [7, 11) is 3.24. The molecule has 0 amide bonds. The van der Waals surface area contributed by atoms with Crippen molar-refractivity contribution in [2.45, 2.75) is 45.1 Å². The van der Waals surface area contributed by atoms with E-state index in [1.807, 2.05) is 25.1 Å². The molecule has 0 spiro atoms.